The average Bonchev–Trinajstić information content (AvgIpc) is 2.58. The number of nitrogens with one attached hydrogen (secondary N) is 1. The number of amides is 1. The first-order valence-electron chi connectivity index (χ1n) is 8.65. The second kappa shape index (κ2) is 9.11. The van der Waals surface area contributed by atoms with Crippen LogP contribution in [0.15, 0.2) is 48.5 Å². The molecule has 2 aromatic rings. The van der Waals surface area contributed by atoms with Gasteiger partial charge in [-0.3, -0.25) is 4.79 Å². The quantitative estimate of drug-likeness (QED) is 0.738. The minimum absolute atomic E-state index is 0.0395. The van der Waals surface area contributed by atoms with E-state index in [4.69, 9.17) is 4.74 Å². The monoisotopic (exact) mass is 325 g/mol. The molecule has 0 radical (unpaired) electrons. The fourth-order valence-electron chi connectivity index (χ4n) is 2.59. The van der Waals surface area contributed by atoms with E-state index in [0.717, 1.165) is 18.6 Å². The van der Waals surface area contributed by atoms with E-state index in [1.54, 1.807) is 0 Å². The van der Waals surface area contributed by atoms with Crippen LogP contribution in [0.25, 0.3) is 0 Å². The van der Waals surface area contributed by atoms with Crippen LogP contribution in [0, 0.1) is 13.8 Å². The highest BCUT2D eigenvalue weighted by molar-refractivity contribution is 5.81. The third kappa shape index (κ3) is 5.73. The Morgan fingerprint density at radius 2 is 1.83 bits per heavy atom. The Balaban J connectivity index is 1.76. The van der Waals surface area contributed by atoms with Gasteiger partial charge in [0.2, 0.25) is 0 Å². The molecule has 0 aromatic heterocycles. The van der Waals surface area contributed by atoms with E-state index >= 15 is 0 Å². The SMILES string of the molecule is CC[C@H](Oc1ccc(C)cc1)C(=O)NCCCc1cccc(C)c1. The van der Waals surface area contributed by atoms with Gasteiger partial charge in [0.25, 0.3) is 5.91 Å². The van der Waals surface area contributed by atoms with Gasteiger partial charge in [0.15, 0.2) is 6.10 Å². The molecule has 3 nitrogen and oxygen atoms in total. The number of aryl methyl sites for hydroxylation is 3. The number of ether oxygens (including phenoxy) is 1. The lowest BCUT2D eigenvalue weighted by Gasteiger charge is -2.17. The molecule has 0 saturated heterocycles. The molecule has 1 N–H and O–H groups in total. The maximum atomic E-state index is 12.3. The van der Waals surface area contributed by atoms with Crippen LogP contribution in [-0.4, -0.2) is 18.6 Å². The zero-order valence-electron chi connectivity index (χ0n) is 14.8. The van der Waals surface area contributed by atoms with E-state index in [0.29, 0.717) is 13.0 Å². The van der Waals surface area contributed by atoms with Crippen molar-refractivity contribution < 1.29 is 9.53 Å². The van der Waals surface area contributed by atoms with Crippen LogP contribution in [0.5, 0.6) is 5.75 Å². The van der Waals surface area contributed by atoms with E-state index in [9.17, 15) is 4.79 Å². The standard InChI is InChI=1S/C21H27NO2/c1-4-20(24-19-12-10-16(2)11-13-19)21(23)22-14-6-9-18-8-5-7-17(3)15-18/h5,7-8,10-13,15,20H,4,6,9,14H2,1-3H3,(H,22,23)/t20-/m0/s1. The molecular weight excluding hydrogens is 298 g/mol. The Labute approximate surface area is 145 Å². The lowest BCUT2D eigenvalue weighted by Crippen LogP contribution is -2.38. The van der Waals surface area contributed by atoms with Gasteiger partial charge >= 0.3 is 0 Å². The average molecular weight is 325 g/mol. The van der Waals surface area contributed by atoms with Crippen molar-refractivity contribution in [1.82, 2.24) is 5.32 Å². The smallest absolute Gasteiger partial charge is 0.261 e. The second-order valence-electron chi connectivity index (χ2n) is 6.21. The summed E-state index contributed by atoms with van der Waals surface area (Å²) >= 11 is 0. The highest BCUT2D eigenvalue weighted by Gasteiger charge is 2.17. The molecular formula is C21H27NO2. The number of carbonyl (C=O) groups is 1. The first-order valence-corrected chi connectivity index (χ1v) is 8.65. The van der Waals surface area contributed by atoms with Gasteiger partial charge < -0.3 is 10.1 Å². The van der Waals surface area contributed by atoms with Crippen LogP contribution in [0.3, 0.4) is 0 Å². The van der Waals surface area contributed by atoms with Gasteiger partial charge in [-0.25, -0.2) is 0 Å². The van der Waals surface area contributed by atoms with Crippen molar-refractivity contribution in [3.63, 3.8) is 0 Å². The first-order chi connectivity index (χ1) is 11.6. The number of hydrogen-bond acceptors (Lipinski definition) is 2. The van der Waals surface area contributed by atoms with Gasteiger partial charge in [0.1, 0.15) is 5.75 Å². The molecule has 0 aliphatic heterocycles. The minimum Gasteiger partial charge on any atom is -0.481 e. The molecule has 0 spiro atoms. The maximum Gasteiger partial charge on any atom is 0.261 e. The summed E-state index contributed by atoms with van der Waals surface area (Å²) in [6.45, 7) is 6.76. The predicted octanol–water partition coefficient (Wildman–Crippen LogP) is 4.21. The largest absolute Gasteiger partial charge is 0.481 e. The van der Waals surface area contributed by atoms with E-state index in [-0.39, 0.29) is 5.91 Å². The maximum absolute atomic E-state index is 12.3. The molecule has 0 aliphatic rings. The van der Waals surface area contributed by atoms with Crippen LogP contribution in [0.4, 0.5) is 0 Å². The van der Waals surface area contributed by atoms with Crippen LogP contribution in [-0.2, 0) is 11.2 Å². The molecule has 0 heterocycles. The molecule has 24 heavy (non-hydrogen) atoms. The number of rotatable bonds is 8. The van der Waals surface area contributed by atoms with Crippen molar-refractivity contribution in [1.29, 1.82) is 0 Å². The van der Waals surface area contributed by atoms with Crippen LogP contribution in [0.1, 0.15) is 36.5 Å². The van der Waals surface area contributed by atoms with E-state index in [2.05, 4.69) is 36.5 Å². The Hall–Kier alpha value is -2.29. The number of carbonyl (C=O) groups excluding carboxylic acids is 1. The molecule has 0 aliphatic carbocycles. The van der Waals surface area contributed by atoms with Crippen LogP contribution >= 0.6 is 0 Å². The lowest BCUT2D eigenvalue weighted by atomic mass is 10.1. The summed E-state index contributed by atoms with van der Waals surface area (Å²) in [6.07, 6.45) is 2.11. The summed E-state index contributed by atoms with van der Waals surface area (Å²) in [6, 6.07) is 16.3. The first kappa shape index (κ1) is 18.1. The van der Waals surface area contributed by atoms with Crippen LogP contribution in [0.2, 0.25) is 0 Å². The third-order valence-corrected chi connectivity index (χ3v) is 3.99. The van der Waals surface area contributed by atoms with E-state index in [1.165, 1.54) is 16.7 Å². The summed E-state index contributed by atoms with van der Waals surface area (Å²) < 4.78 is 5.80. The fourth-order valence-corrected chi connectivity index (χ4v) is 2.59. The second-order valence-corrected chi connectivity index (χ2v) is 6.21. The van der Waals surface area contributed by atoms with Crippen LogP contribution < -0.4 is 10.1 Å². The van der Waals surface area contributed by atoms with Crippen molar-refractivity contribution in [2.24, 2.45) is 0 Å². The Morgan fingerprint density at radius 1 is 1.08 bits per heavy atom. The molecule has 3 heteroatoms. The Kier molecular flexibility index (Phi) is 6.86. The predicted molar refractivity (Wildman–Crippen MR) is 98.4 cm³/mol. The van der Waals surface area contributed by atoms with E-state index < -0.39 is 6.10 Å². The zero-order chi connectivity index (χ0) is 17.4. The van der Waals surface area contributed by atoms with Crippen molar-refractivity contribution in [3.8, 4) is 5.75 Å². The highest BCUT2D eigenvalue weighted by Crippen LogP contribution is 2.14. The molecule has 128 valence electrons. The molecule has 0 saturated carbocycles. The normalized spacial score (nSPS) is 11.8. The van der Waals surface area contributed by atoms with Gasteiger partial charge in [-0.05, 0) is 50.8 Å². The third-order valence-electron chi connectivity index (χ3n) is 3.99. The van der Waals surface area contributed by atoms with Gasteiger partial charge in [-0.1, -0.05) is 54.4 Å². The van der Waals surface area contributed by atoms with Crippen molar-refractivity contribution in [2.75, 3.05) is 6.54 Å². The molecule has 1 amide bonds. The topological polar surface area (TPSA) is 38.3 Å². The summed E-state index contributed by atoms with van der Waals surface area (Å²) in [5.41, 5.74) is 3.76. The Bertz CT molecular complexity index is 649. The summed E-state index contributed by atoms with van der Waals surface area (Å²) in [5.74, 6) is 0.699. The number of hydrogen-bond donors (Lipinski definition) is 1. The lowest BCUT2D eigenvalue weighted by molar-refractivity contribution is -0.128. The molecule has 1 atom stereocenters. The molecule has 0 bridgehead atoms. The highest BCUT2D eigenvalue weighted by atomic mass is 16.5. The summed E-state index contributed by atoms with van der Waals surface area (Å²) in [7, 11) is 0. The van der Waals surface area contributed by atoms with Gasteiger partial charge in [0.05, 0.1) is 0 Å². The van der Waals surface area contributed by atoms with E-state index in [1.807, 2.05) is 38.1 Å². The molecule has 2 aromatic carbocycles. The minimum atomic E-state index is -0.438. The van der Waals surface area contributed by atoms with Crippen molar-refractivity contribution in [3.05, 3.63) is 65.2 Å². The molecule has 0 unspecified atom stereocenters. The van der Waals surface area contributed by atoms with Crippen molar-refractivity contribution >= 4 is 5.91 Å². The summed E-state index contributed by atoms with van der Waals surface area (Å²) in [4.78, 5) is 12.3. The van der Waals surface area contributed by atoms with Gasteiger partial charge in [-0.15, -0.1) is 0 Å². The van der Waals surface area contributed by atoms with Gasteiger partial charge in [-0.2, -0.15) is 0 Å². The summed E-state index contributed by atoms with van der Waals surface area (Å²) in [5, 5.41) is 2.99. The molecule has 2 rings (SSSR count). The molecule has 0 fully saturated rings. The number of benzene rings is 2. The van der Waals surface area contributed by atoms with Crippen molar-refractivity contribution in [2.45, 2.75) is 46.1 Å². The Morgan fingerprint density at radius 3 is 2.50 bits per heavy atom. The fraction of sp³-hybridized carbons (Fsp3) is 0.381. The zero-order valence-corrected chi connectivity index (χ0v) is 14.8. The van der Waals surface area contributed by atoms with Gasteiger partial charge in [0, 0.05) is 6.54 Å².